The number of nitrogens with two attached hydrogens (primary N) is 5. The molecule has 5 fully saturated rings. The zero-order valence-electron chi connectivity index (χ0n) is 26.6. The molecule has 19 heteroatoms. The number of rotatable bonds is 9. The summed E-state index contributed by atoms with van der Waals surface area (Å²) < 4.78 is 47.5. The summed E-state index contributed by atoms with van der Waals surface area (Å²) in [4.78, 5) is 0. The second kappa shape index (κ2) is 15.6. The van der Waals surface area contributed by atoms with Crippen LogP contribution >= 0.6 is 0 Å². The minimum absolute atomic E-state index is 0.0560. The van der Waals surface area contributed by atoms with Crippen LogP contribution < -0.4 is 28.7 Å². The summed E-state index contributed by atoms with van der Waals surface area (Å²) >= 11 is 0. The van der Waals surface area contributed by atoms with Crippen LogP contribution in [0.25, 0.3) is 0 Å². The van der Waals surface area contributed by atoms with E-state index >= 15 is 0 Å². The summed E-state index contributed by atoms with van der Waals surface area (Å²) in [6.45, 7) is -0.742. The van der Waals surface area contributed by atoms with Crippen LogP contribution in [0.2, 0.25) is 0 Å². The van der Waals surface area contributed by atoms with Gasteiger partial charge in [-0.25, -0.2) is 0 Å². The Bertz CT molecular complexity index is 1210. The summed E-state index contributed by atoms with van der Waals surface area (Å²) in [6, 6.07) is 5.16. The molecule has 4 aliphatic heterocycles. The van der Waals surface area contributed by atoms with Crippen molar-refractivity contribution in [3.8, 4) is 0 Å². The van der Waals surface area contributed by atoms with E-state index in [0.717, 1.165) is 5.56 Å². The van der Waals surface area contributed by atoms with Crippen molar-refractivity contribution in [3.63, 3.8) is 0 Å². The molecule has 0 aromatic heterocycles. The zero-order valence-corrected chi connectivity index (χ0v) is 26.6. The number of hydrogen-bond acceptors (Lipinski definition) is 19. The first-order chi connectivity index (χ1) is 23.4. The van der Waals surface area contributed by atoms with Crippen molar-refractivity contribution < 1.29 is 68.5 Å². The van der Waals surface area contributed by atoms with Gasteiger partial charge in [-0.1, -0.05) is 30.3 Å². The Morgan fingerprint density at radius 1 is 0.653 bits per heavy atom. The lowest BCUT2D eigenvalue weighted by atomic mass is 9.84. The molecule has 19 nitrogen and oxygen atoms in total. The fraction of sp³-hybridized carbons (Fsp3) is 0.800. The van der Waals surface area contributed by atoms with Gasteiger partial charge >= 0.3 is 0 Å². The monoisotopic (exact) mass is 703 g/mol. The van der Waals surface area contributed by atoms with Gasteiger partial charge in [-0.2, -0.15) is 0 Å². The van der Waals surface area contributed by atoms with E-state index in [0.29, 0.717) is 0 Å². The SMILES string of the molecule is NCC1O[C@H](O[C@H]2[C@@H](O)[C@H](O[C@@H]3[C@@H](O)[C@H](N)C[C@H](N)[C@@H]3O[C@H]3O[C@@H]4COC(c5ccccc5)O[C@H]4[C@H](O)[C@H]3N)O[C@@H]2CO)[C@H](N)[C@@H](O)[C@@H]1O. The van der Waals surface area contributed by atoms with Gasteiger partial charge in [-0.15, -0.1) is 0 Å². The smallest absolute Gasteiger partial charge is 0.187 e. The summed E-state index contributed by atoms with van der Waals surface area (Å²) in [5.74, 6) is 0. The highest BCUT2D eigenvalue weighted by Gasteiger charge is 2.55. The maximum Gasteiger partial charge on any atom is 0.187 e. The first-order valence-corrected chi connectivity index (χ1v) is 16.4. The topological polar surface area (TPSA) is 325 Å². The van der Waals surface area contributed by atoms with Crippen LogP contribution in [-0.4, -0.2) is 167 Å². The standard InChI is InChI=1S/C30H49N5O14/c31-7-13-19(38)20(39)16(34)28(43-13)48-24-14(8-36)44-30(22(24)41)49-26-18(37)11(32)6-12(33)23(26)46-29-17(35)21(40)25-15(45-29)9-42-27(47-25)10-4-2-1-3-5-10/h1-5,11-30,36-41H,6-9,31-35H2/t11-,12+,13?,14-,15-,16-,17-,18+,19-,20-,21-,22-,23+,24-,25-,26-,27?,28-,29-,30+/m1/s1. The third-order valence-corrected chi connectivity index (χ3v) is 9.88. The molecule has 16 N–H and O–H groups in total. The largest absolute Gasteiger partial charge is 0.394 e. The highest BCUT2D eigenvalue weighted by molar-refractivity contribution is 5.17. The molecular formula is C30H49N5O14. The van der Waals surface area contributed by atoms with E-state index in [4.69, 9.17) is 66.6 Å². The minimum atomic E-state index is -1.60. The molecule has 2 unspecified atom stereocenters. The van der Waals surface area contributed by atoms with Crippen molar-refractivity contribution in [3.05, 3.63) is 35.9 Å². The Balaban J connectivity index is 1.14. The summed E-state index contributed by atoms with van der Waals surface area (Å²) in [6.07, 6.45) is -19.3. The molecule has 1 aromatic carbocycles. The van der Waals surface area contributed by atoms with Gasteiger partial charge in [0.1, 0.15) is 67.1 Å². The molecule has 0 radical (unpaired) electrons. The molecule has 20 atom stereocenters. The van der Waals surface area contributed by atoms with E-state index in [1.165, 1.54) is 0 Å². The Labute approximate surface area is 282 Å². The minimum Gasteiger partial charge on any atom is -0.394 e. The van der Waals surface area contributed by atoms with Crippen molar-refractivity contribution >= 4 is 0 Å². The van der Waals surface area contributed by atoms with Gasteiger partial charge in [-0.3, -0.25) is 0 Å². The number of ether oxygens (including phenoxy) is 8. The van der Waals surface area contributed by atoms with E-state index in [9.17, 15) is 30.6 Å². The van der Waals surface area contributed by atoms with Gasteiger partial charge in [0.25, 0.3) is 0 Å². The van der Waals surface area contributed by atoms with Crippen molar-refractivity contribution in [2.24, 2.45) is 28.7 Å². The second-order valence-corrected chi connectivity index (χ2v) is 13.2. The molecule has 0 bridgehead atoms. The van der Waals surface area contributed by atoms with Crippen LogP contribution in [0, 0.1) is 0 Å². The maximum absolute atomic E-state index is 11.3. The molecule has 5 aliphatic rings. The first kappa shape index (κ1) is 37.2. The number of benzene rings is 1. The summed E-state index contributed by atoms with van der Waals surface area (Å²) in [5.41, 5.74) is 31.5. The molecule has 0 spiro atoms. The molecule has 278 valence electrons. The Morgan fingerprint density at radius 2 is 1.29 bits per heavy atom. The Kier molecular flexibility index (Phi) is 11.8. The number of hydrogen-bond donors (Lipinski definition) is 11. The van der Waals surface area contributed by atoms with Gasteiger partial charge in [0.15, 0.2) is 25.2 Å². The molecule has 1 aromatic rings. The highest BCUT2D eigenvalue weighted by atomic mass is 16.8. The summed E-state index contributed by atoms with van der Waals surface area (Å²) in [7, 11) is 0. The molecular weight excluding hydrogens is 654 g/mol. The zero-order chi connectivity index (χ0) is 35.1. The number of aliphatic hydroxyl groups is 6. The predicted octanol–water partition coefficient (Wildman–Crippen LogP) is -6.10. The summed E-state index contributed by atoms with van der Waals surface area (Å²) in [5, 5.41) is 64.3. The van der Waals surface area contributed by atoms with E-state index in [1.54, 1.807) is 0 Å². The molecule has 1 saturated carbocycles. The fourth-order valence-electron chi connectivity index (χ4n) is 6.99. The average Bonchev–Trinajstić information content (AvgIpc) is 3.40. The van der Waals surface area contributed by atoms with Crippen LogP contribution in [-0.2, 0) is 37.9 Å². The van der Waals surface area contributed by atoms with E-state index < -0.39 is 129 Å². The van der Waals surface area contributed by atoms with Gasteiger partial charge in [0.05, 0.1) is 31.4 Å². The van der Waals surface area contributed by atoms with Crippen LogP contribution in [0.1, 0.15) is 18.3 Å². The molecule has 4 heterocycles. The van der Waals surface area contributed by atoms with E-state index in [-0.39, 0.29) is 19.6 Å². The van der Waals surface area contributed by atoms with Crippen molar-refractivity contribution in [1.29, 1.82) is 0 Å². The fourth-order valence-corrected chi connectivity index (χ4v) is 6.99. The lowest BCUT2D eigenvalue weighted by Gasteiger charge is -2.49. The van der Waals surface area contributed by atoms with Gasteiger partial charge in [0.2, 0.25) is 0 Å². The lowest BCUT2D eigenvalue weighted by molar-refractivity contribution is -0.356. The molecule has 6 rings (SSSR count). The quantitative estimate of drug-likeness (QED) is 0.114. The third-order valence-electron chi connectivity index (χ3n) is 9.88. The van der Waals surface area contributed by atoms with Gasteiger partial charge in [0, 0.05) is 24.2 Å². The normalized spacial score (nSPS) is 50.6. The molecule has 4 saturated heterocycles. The van der Waals surface area contributed by atoms with Crippen LogP contribution in [0.5, 0.6) is 0 Å². The third kappa shape index (κ3) is 7.39. The molecule has 0 amide bonds. The van der Waals surface area contributed by atoms with Gasteiger partial charge < -0.3 is 97.2 Å². The van der Waals surface area contributed by atoms with E-state index in [1.807, 2.05) is 30.3 Å². The molecule has 1 aliphatic carbocycles. The first-order valence-electron chi connectivity index (χ1n) is 16.4. The van der Waals surface area contributed by atoms with Crippen molar-refractivity contribution in [2.45, 2.75) is 129 Å². The second-order valence-electron chi connectivity index (χ2n) is 13.2. The van der Waals surface area contributed by atoms with Crippen molar-refractivity contribution in [1.82, 2.24) is 0 Å². The Hall–Kier alpha value is -1.54. The van der Waals surface area contributed by atoms with Crippen LogP contribution in [0.3, 0.4) is 0 Å². The van der Waals surface area contributed by atoms with E-state index in [2.05, 4.69) is 0 Å². The van der Waals surface area contributed by atoms with Gasteiger partial charge in [-0.05, 0) is 6.42 Å². The van der Waals surface area contributed by atoms with Crippen LogP contribution in [0.4, 0.5) is 0 Å². The maximum atomic E-state index is 11.3. The van der Waals surface area contributed by atoms with Crippen LogP contribution in [0.15, 0.2) is 30.3 Å². The average molecular weight is 704 g/mol. The lowest BCUT2D eigenvalue weighted by Crippen LogP contribution is -2.69. The molecule has 49 heavy (non-hydrogen) atoms. The predicted molar refractivity (Wildman–Crippen MR) is 163 cm³/mol. The number of aliphatic hydroxyl groups excluding tert-OH is 6. The van der Waals surface area contributed by atoms with Crippen molar-refractivity contribution in [2.75, 3.05) is 19.8 Å². The number of fused-ring (bicyclic) bond motifs is 1. The highest BCUT2D eigenvalue weighted by Crippen LogP contribution is 2.37. The Morgan fingerprint density at radius 3 is 1.98 bits per heavy atom.